The molecule has 0 saturated carbocycles. The van der Waals surface area contributed by atoms with E-state index in [1.807, 2.05) is 6.08 Å². The van der Waals surface area contributed by atoms with Crippen molar-refractivity contribution in [1.82, 2.24) is 5.43 Å². The minimum absolute atomic E-state index is 0.334. The summed E-state index contributed by atoms with van der Waals surface area (Å²) in [5.74, 6) is 0. The number of urea groups is 1. The molecule has 0 aromatic carbocycles. The van der Waals surface area contributed by atoms with Crippen molar-refractivity contribution in [3.8, 4) is 0 Å². The Balaban J connectivity index is 2.01. The Bertz CT molecular complexity index is 370. The molecule has 0 fully saturated rings. The van der Waals surface area contributed by atoms with Gasteiger partial charge in [0.25, 0.3) is 0 Å². The Morgan fingerprint density at radius 3 is 2.88 bits per heavy atom. The molecular formula is C12H17N3O. The van der Waals surface area contributed by atoms with Crippen molar-refractivity contribution in [2.75, 3.05) is 0 Å². The molecule has 4 nitrogen and oxygen atoms in total. The maximum atomic E-state index is 10.5. The molecule has 0 heterocycles. The van der Waals surface area contributed by atoms with Gasteiger partial charge in [-0.15, -0.1) is 0 Å². The van der Waals surface area contributed by atoms with Gasteiger partial charge in [0.2, 0.25) is 0 Å². The molecule has 0 aromatic rings. The van der Waals surface area contributed by atoms with E-state index in [0.29, 0.717) is 5.41 Å². The largest absolute Gasteiger partial charge is 0.350 e. The van der Waals surface area contributed by atoms with Crippen molar-refractivity contribution in [3.05, 3.63) is 24.3 Å². The quantitative estimate of drug-likeness (QED) is 0.514. The Morgan fingerprint density at radius 1 is 1.44 bits per heavy atom. The third-order valence-corrected chi connectivity index (χ3v) is 3.32. The van der Waals surface area contributed by atoms with Crippen molar-refractivity contribution < 1.29 is 4.79 Å². The summed E-state index contributed by atoms with van der Waals surface area (Å²) in [6, 6.07) is -0.609. The molecular weight excluding hydrogens is 202 g/mol. The van der Waals surface area contributed by atoms with Crippen LogP contribution in [0.15, 0.2) is 29.4 Å². The number of hydrogen-bond donors (Lipinski definition) is 2. The van der Waals surface area contributed by atoms with Gasteiger partial charge in [-0.05, 0) is 43.6 Å². The zero-order valence-electron chi connectivity index (χ0n) is 9.28. The van der Waals surface area contributed by atoms with Crippen molar-refractivity contribution in [2.24, 2.45) is 16.3 Å². The predicted octanol–water partition coefficient (Wildman–Crippen LogP) is 2.09. The Hall–Kier alpha value is -1.58. The highest BCUT2D eigenvalue weighted by molar-refractivity contribution is 5.96. The first-order chi connectivity index (χ1) is 7.70. The first-order valence-corrected chi connectivity index (χ1v) is 5.66. The number of rotatable bonds is 1. The maximum absolute atomic E-state index is 10.5. The SMILES string of the molecule is NC(=O)N/N=C1/C=CC2(CC=CCC2)CC1. The Kier molecular flexibility index (Phi) is 3.08. The van der Waals surface area contributed by atoms with Gasteiger partial charge >= 0.3 is 6.03 Å². The second-order valence-electron chi connectivity index (χ2n) is 4.49. The molecule has 2 aliphatic rings. The van der Waals surface area contributed by atoms with E-state index in [2.05, 4.69) is 28.8 Å². The summed E-state index contributed by atoms with van der Waals surface area (Å²) in [5, 5.41) is 3.95. The average Bonchev–Trinajstić information content (AvgIpc) is 2.29. The molecule has 2 rings (SSSR count). The predicted molar refractivity (Wildman–Crippen MR) is 64.0 cm³/mol. The van der Waals surface area contributed by atoms with E-state index in [4.69, 9.17) is 5.73 Å². The highest BCUT2D eigenvalue weighted by Crippen LogP contribution is 2.40. The highest BCUT2D eigenvalue weighted by Gasteiger charge is 2.29. The molecule has 0 radical (unpaired) electrons. The standard InChI is InChI=1S/C12H17N3O/c13-11(16)15-14-10-4-8-12(9-5-10)6-2-1-3-7-12/h1-2,4,8H,3,5-7,9H2,(H3,13,15,16)/b14-10-. The molecule has 0 saturated heterocycles. The number of nitrogens with two attached hydrogens (primary N) is 1. The molecule has 0 bridgehead atoms. The third kappa shape index (κ3) is 2.51. The van der Waals surface area contributed by atoms with Crippen LogP contribution in [-0.2, 0) is 0 Å². The first-order valence-electron chi connectivity index (χ1n) is 5.66. The minimum atomic E-state index is -0.609. The Morgan fingerprint density at radius 2 is 2.31 bits per heavy atom. The number of hydrogen-bond acceptors (Lipinski definition) is 2. The van der Waals surface area contributed by atoms with Crippen LogP contribution in [0.3, 0.4) is 0 Å². The number of primary amides is 1. The average molecular weight is 219 g/mol. The fourth-order valence-corrected chi connectivity index (χ4v) is 2.32. The number of nitrogens with one attached hydrogen (secondary N) is 1. The third-order valence-electron chi connectivity index (χ3n) is 3.32. The molecule has 0 aliphatic heterocycles. The lowest BCUT2D eigenvalue weighted by atomic mass is 9.71. The van der Waals surface area contributed by atoms with Crippen molar-refractivity contribution in [1.29, 1.82) is 0 Å². The van der Waals surface area contributed by atoms with Crippen molar-refractivity contribution in [3.63, 3.8) is 0 Å². The van der Waals surface area contributed by atoms with Gasteiger partial charge in [-0.2, -0.15) is 5.10 Å². The first kappa shape index (κ1) is 10.9. The van der Waals surface area contributed by atoms with Crippen molar-refractivity contribution >= 4 is 11.7 Å². The molecule has 0 aromatic heterocycles. The Labute approximate surface area is 95.3 Å². The normalized spacial score (nSPS) is 30.9. The zero-order chi connectivity index (χ0) is 11.4. The maximum Gasteiger partial charge on any atom is 0.332 e. The van der Waals surface area contributed by atoms with E-state index in [1.165, 1.54) is 6.42 Å². The molecule has 1 spiro atoms. The van der Waals surface area contributed by atoms with Crippen molar-refractivity contribution in [2.45, 2.75) is 32.1 Å². The van der Waals surface area contributed by atoms with Gasteiger partial charge < -0.3 is 5.73 Å². The van der Waals surface area contributed by atoms with Crippen LogP contribution in [0.1, 0.15) is 32.1 Å². The summed E-state index contributed by atoms with van der Waals surface area (Å²) in [4.78, 5) is 10.5. The van der Waals surface area contributed by atoms with Crippen LogP contribution in [0.25, 0.3) is 0 Å². The molecule has 1 unspecified atom stereocenters. The zero-order valence-corrected chi connectivity index (χ0v) is 9.28. The molecule has 86 valence electrons. The molecule has 2 aliphatic carbocycles. The van der Waals surface area contributed by atoms with E-state index in [-0.39, 0.29) is 0 Å². The van der Waals surface area contributed by atoms with Crippen LogP contribution in [-0.4, -0.2) is 11.7 Å². The van der Waals surface area contributed by atoms with E-state index in [9.17, 15) is 4.79 Å². The number of carbonyl (C=O) groups is 1. The van der Waals surface area contributed by atoms with Crippen LogP contribution >= 0.6 is 0 Å². The van der Waals surface area contributed by atoms with Crippen LogP contribution < -0.4 is 11.2 Å². The molecule has 1 atom stereocenters. The summed E-state index contributed by atoms with van der Waals surface area (Å²) in [5.41, 5.74) is 8.46. The van der Waals surface area contributed by atoms with Gasteiger partial charge in [0.05, 0.1) is 5.71 Å². The van der Waals surface area contributed by atoms with Gasteiger partial charge in [0.15, 0.2) is 0 Å². The smallest absolute Gasteiger partial charge is 0.332 e. The monoisotopic (exact) mass is 219 g/mol. The van der Waals surface area contributed by atoms with E-state index in [1.54, 1.807) is 0 Å². The lowest BCUT2D eigenvalue weighted by Crippen LogP contribution is -2.28. The van der Waals surface area contributed by atoms with Crippen LogP contribution in [0.4, 0.5) is 4.79 Å². The number of nitrogens with zero attached hydrogens (tertiary/aromatic N) is 1. The number of allylic oxidation sites excluding steroid dienone is 4. The number of hydrazone groups is 1. The fraction of sp³-hybridized carbons (Fsp3) is 0.500. The van der Waals surface area contributed by atoms with Gasteiger partial charge in [-0.25, -0.2) is 10.2 Å². The summed E-state index contributed by atoms with van der Waals surface area (Å²) in [6.45, 7) is 0. The number of carbonyl (C=O) groups excluding carboxylic acids is 1. The summed E-state index contributed by atoms with van der Waals surface area (Å²) in [6.07, 6.45) is 14.3. The van der Waals surface area contributed by atoms with E-state index in [0.717, 1.165) is 31.4 Å². The topological polar surface area (TPSA) is 67.5 Å². The summed E-state index contributed by atoms with van der Waals surface area (Å²) < 4.78 is 0. The van der Waals surface area contributed by atoms with Gasteiger partial charge in [-0.1, -0.05) is 18.2 Å². The fourth-order valence-electron chi connectivity index (χ4n) is 2.32. The second kappa shape index (κ2) is 4.51. The lowest BCUT2D eigenvalue weighted by Gasteiger charge is -2.34. The second-order valence-corrected chi connectivity index (χ2v) is 4.49. The molecule has 4 heteroatoms. The summed E-state index contributed by atoms with van der Waals surface area (Å²) in [7, 11) is 0. The van der Waals surface area contributed by atoms with Crippen LogP contribution in [0.2, 0.25) is 0 Å². The lowest BCUT2D eigenvalue weighted by molar-refractivity contribution is 0.249. The van der Waals surface area contributed by atoms with Crippen LogP contribution in [0, 0.1) is 5.41 Å². The highest BCUT2D eigenvalue weighted by atomic mass is 16.2. The number of amides is 2. The van der Waals surface area contributed by atoms with Gasteiger partial charge in [-0.3, -0.25) is 0 Å². The molecule has 16 heavy (non-hydrogen) atoms. The van der Waals surface area contributed by atoms with E-state index < -0.39 is 6.03 Å². The van der Waals surface area contributed by atoms with Gasteiger partial charge in [0, 0.05) is 0 Å². The minimum Gasteiger partial charge on any atom is -0.350 e. The molecule has 3 N–H and O–H groups in total. The van der Waals surface area contributed by atoms with Gasteiger partial charge in [0.1, 0.15) is 0 Å². The molecule has 2 amide bonds. The summed E-state index contributed by atoms with van der Waals surface area (Å²) >= 11 is 0. The van der Waals surface area contributed by atoms with E-state index >= 15 is 0 Å². The van der Waals surface area contributed by atoms with Crippen LogP contribution in [0.5, 0.6) is 0 Å².